The summed E-state index contributed by atoms with van der Waals surface area (Å²) in [7, 11) is -3.58. The standard InChI is InChI=1S/C20H22N2O5S/c1-28(25,26)21-17-12-6-5-11-16(17)20(24)27-18(15-9-3-2-4-10-15)19(23)22-13-7-8-14-22/h2-6,9-12,18,21H,7-8,13-14H2,1H3/t18-/m0/s1. The van der Waals surface area contributed by atoms with E-state index in [1.165, 1.54) is 12.1 Å². The van der Waals surface area contributed by atoms with Gasteiger partial charge in [-0.2, -0.15) is 0 Å². The Labute approximate surface area is 164 Å². The average Bonchev–Trinajstić information content (AvgIpc) is 3.20. The summed E-state index contributed by atoms with van der Waals surface area (Å²) in [5, 5.41) is 0. The van der Waals surface area contributed by atoms with E-state index in [1.807, 2.05) is 6.07 Å². The number of amides is 1. The Morgan fingerprint density at radius 1 is 1.00 bits per heavy atom. The number of hydrogen-bond acceptors (Lipinski definition) is 5. The van der Waals surface area contributed by atoms with E-state index in [4.69, 9.17) is 4.74 Å². The molecule has 0 aliphatic carbocycles. The second-order valence-electron chi connectivity index (χ2n) is 6.65. The van der Waals surface area contributed by atoms with Crippen molar-refractivity contribution in [2.45, 2.75) is 18.9 Å². The molecule has 1 aliphatic rings. The van der Waals surface area contributed by atoms with Crippen LogP contribution in [0.2, 0.25) is 0 Å². The predicted octanol–water partition coefficient (Wildman–Crippen LogP) is 2.58. The molecule has 1 fully saturated rings. The van der Waals surface area contributed by atoms with Gasteiger partial charge < -0.3 is 9.64 Å². The Balaban J connectivity index is 1.89. The number of nitrogens with zero attached hydrogens (tertiary/aromatic N) is 1. The van der Waals surface area contributed by atoms with Crippen LogP contribution < -0.4 is 4.72 Å². The lowest BCUT2D eigenvalue weighted by molar-refractivity contribution is -0.140. The van der Waals surface area contributed by atoms with Gasteiger partial charge in [0, 0.05) is 18.7 Å². The van der Waals surface area contributed by atoms with Crippen molar-refractivity contribution in [3.05, 3.63) is 65.7 Å². The van der Waals surface area contributed by atoms with Crippen LogP contribution in [-0.2, 0) is 19.6 Å². The Hall–Kier alpha value is -2.87. The third-order valence-electron chi connectivity index (χ3n) is 4.41. The molecule has 1 atom stereocenters. The lowest BCUT2D eigenvalue weighted by Gasteiger charge is -2.24. The normalized spacial score (nSPS) is 15.1. The van der Waals surface area contributed by atoms with E-state index in [0.29, 0.717) is 18.7 Å². The van der Waals surface area contributed by atoms with Crippen molar-refractivity contribution in [2.24, 2.45) is 0 Å². The maximum atomic E-state index is 13.0. The Morgan fingerprint density at radius 3 is 2.25 bits per heavy atom. The van der Waals surface area contributed by atoms with Gasteiger partial charge in [0.1, 0.15) is 0 Å². The molecular weight excluding hydrogens is 380 g/mol. The van der Waals surface area contributed by atoms with Crippen molar-refractivity contribution >= 4 is 27.6 Å². The molecule has 1 amide bonds. The summed E-state index contributed by atoms with van der Waals surface area (Å²) in [6.45, 7) is 1.26. The fourth-order valence-electron chi connectivity index (χ4n) is 3.11. The van der Waals surface area contributed by atoms with Gasteiger partial charge in [-0.1, -0.05) is 42.5 Å². The maximum Gasteiger partial charge on any atom is 0.341 e. The van der Waals surface area contributed by atoms with Gasteiger partial charge in [0.2, 0.25) is 16.1 Å². The van der Waals surface area contributed by atoms with E-state index >= 15 is 0 Å². The minimum atomic E-state index is -3.58. The molecule has 1 aliphatic heterocycles. The molecule has 2 aromatic carbocycles. The van der Waals surface area contributed by atoms with Crippen LogP contribution in [0.15, 0.2) is 54.6 Å². The van der Waals surface area contributed by atoms with Crippen LogP contribution in [0.1, 0.15) is 34.9 Å². The predicted molar refractivity (Wildman–Crippen MR) is 105 cm³/mol. The van der Waals surface area contributed by atoms with E-state index in [2.05, 4.69) is 4.72 Å². The number of esters is 1. The van der Waals surface area contributed by atoms with Crippen LogP contribution in [0.4, 0.5) is 5.69 Å². The number of nitrogens with one attached hydrogen (secondary N) is 1. The molecule has 2 aromatic rings. The van der Waals surface area contributed by atoms with Gasteiger partial charge >= 0.3 is 5.97 Å². The quantitative estimate of drug-likeness (QED) is 0.750. The largest absolute Gasteiger partial charge is 0.444 e. The number of anilines is 1. The highest BCUT2D eigenvalue weighted by atomic mass is 32.2. The number of rotatable bonds is 6. The summed E-state index contributed by atoms with van der Waals surface area (Å²) in [6.07, 6.45) is 1.75. The monoisotopic (exact) mass is 402 g/mol. The molecule has 3 rings (SSSR count). The smallest absolute Gasteiger partial charge is 0.341 e. The van der Waals surface area contributed by atoms with Crippen LogP contribution in [0.3, 0.4) is 0 Å². The first-order valence-corrected chi connectivity index (χ1v) is 10.9. The van der Waals surface area contributed by atoms with Crippen molar-refractivity contribution < 1.29 is 22.7 Å². The highest BCUT2D eigenvalue weighted by Crippen LogP contribution is 2.26. The number of benzene rings is 2. The Bertz CT molecular complexity index is 954. The molecule has 0 bridgehead atoms. The van der Waals surface area contributed by atoms with E-state index in [9.17, 15) is 18.0 Å². The second-order valence-corrected chi connectivity index (χ2v) is 8.40. The van der Waals surface area contributed by atoms with Gasteiger partial charge in [-0.3, -0.25) is 9.52 Å². The van der Waals surface area contributed by atoms with Crippen molar-refractivity contribution in [2.75, 3.05) is 24.1 Å². The highest BCUT2D eigenvalue weighted by molar-refractivity contribution is 7.92. The molecule has 0 saturated carbocycles. The summed E-state index contributed by atoms with van der Waals surface area (Å²) in [5.41, 5.74) is 0.722. The maximum absolute atomic E-state index is 13.0. The van der Waals surface area contributed by atoms with E-state index in [1.54, 1.807) is 41.3 Å². The minimum Gasteiger partial charge on any atom is -0.444 e. The molecule has 7 nitrogen and oxygen atoms in total. The first-order valence-electron chi connectivity index (χ1n) is 8.97. The zero-order valence-electron chi connectivity index (χ0n) is 15.5. The van der Waals surface area contributed by atoms with Gasteiger partial charge in [0.05, 0.1) is 17.5 Å². The summed E-state index contributed by atoms with van der Waals surface area (Å²) < 4.78 is 31.0. The molecule has 0 unspecified atom stereocenters. The number of para-hydroxylation sites is 1. The SMILES string of the molecule is CS(=O)(=O)Nc1ccccc1C(=O)O[C@H](C(=O)N1CCCC1)c1ccccc1. The Morgan fingerprint density at radius 2 is 1.61 bits per heavy atom. The number of sulfonamides is 1. The molecule has 148 valence electrons. The van der Waals surface area contributed by atoms with Crippen LogP contribution in [0.5, 0.6) is 0 Å². The first-order chi connectivity index (χ1) is 13.3. The zero-order valence-corrected chi connectivity index (χ0v) is 16.3. The molecule has 28 heavy (non-hydrogen) atoms. The fraction of sp³-hybridized carbons (Fsp3) is 0.300. The van der Waals surface area contributed by atoms with Gasteiger partial charge in [-0.15, -0.1) is 0 Å². The molecule has 0 aromatic heterocycles. The van der Waals surface area contributed by atoms with Crippen molar-refractivity contribution in [3.63, 3.8) is 0 Å². The molecule has 1 N–H and O–H groups in total. The van der Waals surface area contributed by atoms with Crippen LogP contribution in [0, 0.1) is 0 Å². The van der Waals surface area contributed by atoms with Crippen LogP contribution in [-0.4, -0.2) is 44.5 Å². The molecule has 8 heteroatoms. The molecule has 1 heterocycles. The van der Waals surface area contributed by atoms with Gasteiger partial charge in [-0.25, -0.2) is 13.2 Å². The number of carbonyl (C=O) groups is 2. The third kappa shape index (κ3) is 4.89. The van der Waals surface area contributed by atoms with Crippen LogP contribution in [0.25, 0.3) is 0 Å². The van der Waals surface area contributed by atoms with Crippen LogP contribution >= 0.6 is 0 Å². The van der Waals surface area contributed by atoms with E-state index in [0.717, 1.165) is 19.1 Å². The van der Waals surface area contributed by atoms with Gasteiger partial charge in [0.15, 0.2) is 0 Å². The summed E-state index contributed by atoms with van der Waals surface area (Å²) in [4.78, 5) is 27.5. The van der Waals surface area contributed by atoms with Gasteiger partial charge in [0.25, 0.3) is 5.91 Å². The average molecular weight is 402 g/mol. The van der Waals surface area contributed by atoms with Crippen molar-refractivity contribution in [1.29, 1.82) is 0 Å². The second kappa shape index (κ2) is 8.43. The first kappa shape index (κ1) is 19.9. The zero-order chi connectivity index (χ0) is 20.1. The lowest BCUT2D eigenvalue weighted by atomic mass is 10.1. The van der Waals surface area contributed by atoms with Gasteiger partial charge in [-0.05, 0) is 25.0 Å². The Kier molecular flexibility index (Phi) is 5.99. The summed E-state index contributed by atoms with van der Waals surface area (Å²) in [6, 6.07) is 14.9. The summed E-state index contributed by atoms with van der Waals surface area (Å²) >= 11 is 0. The minimum absolute atomic E-state index is 0.0445. The highest BCUT2D eigenvalue weighted by Gasteiger charge is 2.31. The fourth-order valence-corrected chi connectivity index (χ4v) is 3.69. The summed E-state index contributed by atoms with van der Waals surface area (Å²) in [5.74, 6) is -1.04. The third-order valence-corrected chi connectivity index (χ3v) is 5.00. The lowest BCUT2D eigenvalue weighted by Crippen LogP contribution is -2.35. The molecule has 0 spiro atoms. The number of likely N-dealkylation sites (tertiary alicyclic amines) is 1. The van der Waals surface area contributed by atoms with Crippen molar-refractivity contribution in [1.82, 2.24) is 4.90 Å². The topological polar surface area (TPSA) is 92.8 Å². The number of hydrogen-bond donors (Lipinski definition) is 1. The molecular formula is C20H22N2O5S. The molecule has 1 saturated heterocycles. The number of ether oxygens (including phenoxy) is 1. The number of carbonyl (C=O) groups excluding carboxylic acids is 2. The van der Waals surface area contributed by atoms with E-state index in [-0.39, 0.29) is 17.2 Å². The molecule has 0 radical (unpaired) electrons. The van der Waals surface area contributed by atoms with E-state index < -0.39 is 22.1 Å². The van der Waals surface area contributed by atoms with Crippen molar-refractivity contribution in [3.8, 4) is 0 Å².